The average molecular weight is 455 g/mol. The van der Waals surface area contributed by atoms with E-state index in [-0.39, 0.29) is 29.4 Å². The van der Waals surface area contributed by atoms with E-state index in [4.69, 9.17) is 11.6 Å². The van der Waals surface area contributed by atoms with Gasteiger partial charge in [-0.3, -0.25) is 9.59 Å². The average Bonchev–Trinajstić information content (AvgIpc) is 2.97. The zero-order valence-corrected chi connectivity index (χ0v) is 18.0. The van der Waals surface area contributed by atoms with Crippen molar-refractivity contribution in [2.45, 2.75) is 50.5 Å². The third-order valence-electron chi connectivity index (χ3n) is 5.55. The van der Waals surface area contributed by atoms with Crippen molar-refractivity contribution >= 4 is 35.1 Å². The van der Waals surface area contributed by atoms with E-state index >= 15 is 0 Å². The molecule has 1 aliphatic carbocycles. The number of anilines is 1. The molecule has 10 nitrogen and oxygen atoms in total. The fraction of sp³-hybridized carbons (Fsp3) is 0.550. The van der Waals surface area contributed by atoms with Gasteiger partial charge in [0.05, 0.1) is 28.4 Å². The van der Waals surface area contributed by atoms with Gasteiger partial charge in [0, 0.05) is 13.7 Å². The van der Waals surface area contributed by atoms with E-state index in [1.807, 2.05) is 0 Å². The molecule has 0 radical (unpaired) electrons. The minimum absolute atomic E-state index is 0.107. The van der Waals surface area contributed by atoms with E-state index < -0.39 is 29.9 Å². The molecule has 1 aromatic carbocycles. The highest BCUT2D eigenvalue weighted by Gasteiger charge is 2.38. The Bertz CT molecular complexity index is 843. The van der Waals surface area contributed by atoms with Crippen LogP contribution in [0.4, 0.5) is 10.5 Å². The molecule has 1 aliphatic heterocycles. The van der Waals surface area contributed by atoms with E-state index in [2.05, 4.69) is 15.5 Å². The Morgan fingerprint density at radius 3 is 2.61 bits per heavy atom. The van der Waals surface area contributed by atoms with Gasteiger partial charge in [-0.05, 0) is 31.0 Å². The maximum absolute atomic E-state index is 12.8. The number of nitrogens with one attached hydrogen (secondary N) is 2. The Balaban J connectivity index is 1.76. The minimum atomic E-state index is -1.74. The number of imide groups is 1. The monoisotopic (exact) mass is 454 g/mol. The molecule has 0 aromatic heterocycles. The molecule has 170 valence electrons. The van der Waals surface area contributed by atoms with Gasteiger partial charge >= 0.3 is 6.03 Å². The molecule has 0 spiro atoms. The van der Waals surface area contributed by atoms with Crippen LogP contribution in [0, 0.1) is 0 Å². The lowest BCUT2D eigenvalue weighted by molar-refractivity contribution is -0.175. The molecule has 1 saturated heterocycles. The lowest BCUT2D eigenvalue weighted by atomic mass is 9.94. The molecule has 4 N–H and O–H groups in total. The maximum atomic E-state index is 12.8. The second-order valence-electron chi connectivity index (χ2n) is 7.76. The van der Waals surface area contributed by atoms with Crippen LogP contribution in [0.3, 0.4) is 0 Å². The van der Waals surface area contributed by atoms with Crippen LogP contribution >= 0.6 is 11.6 Å². The van der Waals surface area contributed by atoms with Gasteiger partial charge in [-0.15, -0.1) is 0 Å². The van der Waals surface area contributed by atoms with Gasteiger partial charge < -0.3 is 20.3 Å². The summed E-state index contributed by atoms with van der Waals surface area (Å²) in [6.45, 7) is -0.154. The predicted molar refractivity (Wildman–Crippen MR) is 112 cm³/mol. The SMILES string of the molecule is COC(O)N1C(=O)CNN(c2ccc(Cl)c(C(=O)NCC3(O)CCCCCC3)c2)C1=O. The number of halogens is 1. The summed E-state index contributed by atoms with van der Waals surface area (Å²) in [6, 6.07) is 3.48. The number of carbonyl (C=O) groups is 3. The molecule has 1 aromatic rings. The summed E-state index contributed by atoms with van der Waals surface area (Å²) in [7, 11) is 1.16. The highest BCUT2D eigenvalue weighted by Crippen LogP contribution is 2.28. The Morgan fingerprint density at radius 2 is 1.97 bits per heavy atom. The van der Waals surface area contributed by atoms with Gasteiger partial charge in [-0.2, -0.15) is 0 Å². The van der Waals surface area contributed by atoms with Crippen molar-refractivity contribution in [1.29, 1.82) is 0 Å². The molecule has 4 amide bonds. The summed E-state index contributed by atoms with van der Waals surface area (Å²) in [6.07, 6.45) is 3.47. The highest BCUT2D eigenvalue weighted by atomic mass is 35.5. The molecule has 2 fully saturated rings. The summed E-state index contributed by atoms with van der Waals surface area (Å²) in [5.41, 5.74) is 2.05. The van der Waals surface area contributed by atoms with Gasteiger partial charge in [-0.25, -0.2) is 20.1 Å². The Morgan fingerprint density at radius 1 is 1.29 bits per heavy atom. The van der Waals surface area contributed by atoms with Crippen LogP contribution in [0.2, 0.25) is 5.02 Å². The molecule has 11 heteroatoms. The fourth-order valence-corrected chi connectivity index (χ4v) is 3.97. The number of benzene rings is 1. The van der Waals surface area contributed by atoms with Crippen LogP contribution < -0.4 is 15.8 Å². The van der Waals surface area contributed by atoms with E-state index in [1.165, 1.54) is 18.2 Å². The quantitative estimate of drug-likeness (QED) is 0.377. The molecular weight excluding hydrogens is 428 g/mol. The van der Waals surface area contributed by atoms with E-state index in [0.29, 0.717) is 17.7 Å². The molecule has 0 bridgehead atoms. The zero-order chi connectivity index (χ0) is 22.6. The van der Waals surface area contributed by atoms with Crippen molar-refractivity contribution in [3.05, 3.63) is 28.8 Å². The number of nitrogens with zero attached hydrogens (tertiary/aromatic N) is 2. The lowest BCUT2D eigenvalue weighted by Crippen LogP contribution is -2.64. The van der Waals surface area contributed by atoms with Crippen LogP contribution in [0.25, 0.3) is 0 Å². The van der Waals surface area contributed by atoms with Gasteiger partial charge in [0.25, 0.3) is 11.8 Å². The molecule has 31 heavy (non-hydrogen) atoms. The normalized spacial score (nSPS) is 20.4. The number of hydrogen-bond donors (Lipinski definition) is 4. The third-order valence-corrected chi connectivity index (χ3v) is 5.88. The van der Waals surface area contributed by atoms with Crippen molar-refractivity contribution in [3.63, 3.8) is 0 Å². The van der Waals surface area contributed by atoms with Gasteiger partial charge in [-0.1, -0.05) is 37.3 Å². The topological polar surface area (TPSA) is 131 Å². The third kappa shape index (κ3) is 5.34. The molecule has 1 atom stereocenters. The van der Waals surface area contributed by atoms with Crippen molar-refractivity contribution in [2.24, 2.45) is 0 Å². The molecule has 1 saturated carbocycles. The first-order valence-electron chi connectivity index (χ1n) is 10.2. The second-order valence-corrected chi connectivity index (χ2v) is 8.17. The van der Waals surface area contributed by atoms with Crippen LogP contribution in [0.1, 0.15) is 48.9 Å². The van der Waals surface area contributed by atoms with Crippen molar-refractivity contribution in [2.75, 3.05) is 25.2 Å². The number of aliphatic hydroxyl groups excluding tert-OH is 1. The van der Waals surface area contributed by atoms with Crippen LogP contribution in [0.5, 0.6) is 0 Å². The number of carbonyl (C=O) groups excluding carboxylic acids is 3. The van der Waals surface area contributed by atoms with E-state index in [1.54, 1.807) is 0 Å². The first kappa shape index (κ1) is 23.4. The van der Waals surface area contributed by atoms with E-state index in [9.17, 15) is 24.6 Å². The summed E-state index contributed by atoms with van der Waals surface area (Å²) in [4.78, 5) is 38.0. The number of hydrazine groups is 1. The number of amides is 4. The summed E-state index contributed by atoms with van der Waals surface area (Å²) >= 11 is 6.20. The number of ether oxygens (including phenoxy) is 1. The molecule has 1 heterocycles. The smallest absolute Gasteiger partial charge is 0.349 e. The fourth-order valence-electron chi connectivity index (χ4n) is 3.77. The van der Waals surface area contributed by atoms with Crippen LogP contribution in [-0.2, 0) is 9.53 Å². The second kappa shape index (κ2) is 9.92. The highest BCUT2D eigenvalue weighted by molar-refractivity contribution is 6.34. The summed E-state index contributed by atoms with van der Waals surface area (Å²) in [5.74, 6) is -1.15. The standard InChI is InChI=1S/C20H27ClN4O6/c1-31-19(29)24-16(26)11-23-25(18(24)28)13-6-7-15(21)14(10-13)17(27)22-12-20(30)8-4-2-3-5-9-20/h6-7,10,19,23,29-30H,2-5,8-9,11-12H2,1H3,(H,22,27). The van der Waals surface area contributed by atoms with Gasteiger partial charge in [0.1, 0.15) is 0 Å². The number of aliphatic hydroxyl groups is 2. The maximum Gasteiger partial charge on any atom is 0.349 e. The first-order chi connectivity index (χ1) is 14.8. The van der Waals surface area contributed by atoms with Gasteiger partial charge in [0.15, 0.2) is 0 Å². The molecule has 2 aliphatic rings. The summed E-state index contributed by atoms with van der Waals surface area (Å²) < 4.78 is 4.68. The number of hydrogen-bond acceptors (Lipinski definition) is 7. The van der Waals surface area contributed by atoms with Crippen LogP contribution in [0.15, 0.2) is 18.2 Å². The van der Waals surface area contributed by atoms with Crippen molar-refractivity contribution in [3.8, 4) is 0 Å². The number of urea groups is 1. The Kier molecular flexibility index (Phi) is 7.50. The number of methoxy groups -OCH3 is 1. The van der Waals surface area contributed by atoms with Crippen molar-refractivity contribution in [1.82, 2.24) is 15.6 Å². The van der Waals surface area contributed by atoms with Crippen LogP contribution in [-0.4, -0.2) is 65.2 Å². The number of rotatable bonds is 6. The zero-order valence-electron chi connectivity index (χ0n) is 17.3. The molecule has 3 rings (SSSR count). The summed E-state index contributed by atoms with van der Waals surface area (Å²) in [5, 5.41) is 24.5. The Hall–Kier alpha value is -2.24. The molecule has 1 unspecified atom stereocenters. The Labute approximate surface area is 185 Å². The lowest BCUT2D eigenvalue weighted by Gasteiger charge is -2.36. The van der Waals surface area contributed by atoms with Gasteiger partial charge in [0.2, 0.25) is 6.41 Å². The van der Waals surface area contributed by atoms with E-state index in [0.717, 1.165) is 37.8 Å². The predicted octanol–water partition coefficient (Wildman–Crippen LogP) is 1.35. The largest absolute Gasteiger partial charge is 0.388 e. The molecular formula is C20H27ClN4O6. The first-order valence-corrected chi connectivity index (χ1v) is 10.5. The minimum Gasteiger partial charge on any atom is -0.388 e. The van der Waals surface area contributed by atoms with Crippen molar-refractivity contribution < 1.29 is 29.3 Å².